The molecule has 0 bridgehead atoms. The maximum Gasteiger partial charge on any atom is 0.407 e. The van der Waals surface area contributed by atoms with Gasteiger partial charge in [0.1, 0.15) is 17.1 Å². The first kappa shape index (κ1) is 28.7. The SMILES string of the molecule is COc1cc(OC)c(-c2cn3ccc(N4CCN(c5cnc(N6CCCC(N(C)C(=O)O)C6)nc5)CC4)cc3n2)cc1Cl. The summed E-state index contributed by atoms with van der Waals surface area (Å²) in [6.45, 7) is 4.80. The van der Waals surface area contributed by atoms with Crippen LogP contribution >= 0.6 is 11.6 Å². The van der Waals surface area contributed by atoms with Gasteiger partial charge in [-0.25, -0.2) is 19.7 Å². The molecule has 12 nitrogen and oxygen atoms in total. The Morgan fingerprint density at radius 1 is 0.977 bits per heavy atom. The number of imidazole rings is 1. The lowest BCUT2D eigenvalue weighted by atomic mass is 10.1. The van der Waals surface area contributed by atoms with Gasteiger partial charge < -0.3 is 38.6 Å². The van der Waals surface area contributed by atoms with Gasteiger partial charge in [-0.05, 0) is 25.0 Å². The third-order valence-electron chi connectivity index (χ3n) is 8.36. The molecule has 226 valence electrons. The van der Waals surface area contributed by atoms with E-state index in [1.807, 2.05) is 35.3 Å². The van der Waals surface area contributed by atoms with Gasteiger partial charge in [0.25, 0.3) is 0 Å². The number of piperidine rings is 1. The van der Waals surface area contributed by atoms with Gasteiger partial charge in [-0.1, -0.05) is 11.6 Å². The quantitative estimate of drug-likeness (QED) is 0.325. The number of halogens is 1. The molecular weight excluding hydrogens is 572 g/mol. The van der Waals surface area contributed by atoms with Crippen LogP contribution in [0.15, 0.2) is 49.1 Å². The van der Waals surface area contributed by atoms with Crippen LogP contribution in [0.25, 0.3) is 16.9 Å². The smallest absolute Gasteiger partial charge is 0.407 e. The van der Waals surface area contributed by atoms with Gasteiger partial charge in [-0.2, -0.15) is 0 Å². The molecule has 1 aromatic carbocycles. The van der Waals surface area contributed by atoms with Crippen LogP contribution in [-0.2, 0) is 0 Å². The number of benzene rings is 1. The highest BCUT2D eigenvalue weighted by molar-refractivity contribution is 6.32. The molecule has 2 aliphatic rings. The van der Waals surface area contributed by atoms with Gasteiger partial charge in [0, 0.05) is 82.1 Å². The predicted molar refractivity (Wildman–Crippen MR) is 166 cm³/mol. The van der Waals surface area contributed by atoms with Crippen LogP contribution in [0.1, 0.15) is 12.8 Å². The fraction of sp³-hybridized carbons (Fsp3) is 0.400. The number of pyridine rings is 1. The van der Waals surface area contributed by atoms with E-state index in [-0.39, 0.29) is 6.04 Å². The van der Waals surface area contributed by atoms with Crippen molar-refractivity contribution in [1.82, 2.24) is 24.3 Å². The number of carboxylic acid groups (broad SMARTS) is 1. The van der Waals surface area contributed by atoms with E-state index in [9.17, 15) is 9.90 Å². The lowest BCUT2D eigenvalue weighted by molar-refractivity contribution is 0.133. The van der Waals surface area contributed by atoms with Crippen molar-refractivity contribution in [1.29, 1.82) is 0 Å². The van der Waals surface area contributed by atoms with Crippen molar-refractivity contribution in [2.75, 3.05) is 75.2 Å². The van der Waals surface area contributed by atoms with Crippen molar-refractivity contribution in [3.05, 3.63) is 54.1 Å². The average Bonchev–Trinajstić information content (AvgIpc) is 3.48. The van der Waals surface area contributed by atoms with E-state index in [1.54, 1.807) is 27.3 Å². The molecule has 3 aromatic heterocycles. The molecule has 1 N–H and O–H groups in total. The lowest BCUT2D eigenvalue weighted by Gasteiger charge is -2.38. The molecule has 2 saturated heterocycles. The molecule has 1 amide bonds. The topological polar surface area (TPSA) is 112 Å². The van der Waals surface area contributed by atoms with Gasteiger partial charge in [0.05, 0.1) is 49.1 Å². The minimum Gasteiger partial charge on any atom is -0.496 e. The molecule has 13 heteroatoms. The molecule has 43 heavy (non-hydrogen) atoms. The molecule has 5 heterocycles. The van der Waals surface area contributed by atoms with Crippen LogP contribution in [0.4, 0.5) is 22.1 Å². The molecular formula is C30H35ClN8O4. The van der Waals surface area contributed by atoms with Crippen LogP contribution < -0.4 is 24.2 Å². The molecule has 4 aromatic rings. The Bertz CT molecular complexity index is 1610. The third kappa shape index (κ3) is 5.79. The van der Waals surface area contributed by atoms with Crippen LogP contribution in [0.2, 0.25) is 5.02 Å². The third-order valence-corrected chi connectivity index (χ3v) is 8.65. The summed E-state index contributed by atoms with van der Waals surface area (Å²) < 4.78 is 12.9. The van der Waals surface area contributed by atoms with Crippen LogP contribution in [0.3, 0.4) is 0 Å². The van der Waals surface area contributed by atoms with Crippen molar-refractivity contribution < 1.29 is 19.4 Å². The maximum atomic E-state index is 11.4. The standard InChI is InChI=1S/C30H35ClN8O4/c1-35(30(40)41)21-5-4-7-39(18-21)29-32-16-22(17-33-29)37-11-9-36(10-12-37)20-6-8-38-19-25(34-28(38)13-20)23-14-24(31)27(43-3)15-26(23)42-2/h6,8,13-17,19,21H,4-5,7,9-12,18H2,1-3H3,(H,40,41). The van der Waals surface area contributed by atoms with Crippen LogP contribution in [0, 0.1) is 0 Å². The first-order chi connectivity index (χ1) is 20.8. The first-order valence-electron chi connectivity index (χ1n) is 14.3. The van der Waals surface area contributed by atoms with Gasteiger partial charge >= 0.3 is 6.09 Å². The largest absolute Gasteiger partial charge is 0.496 e. The minimum atomic E-state index is -0.906. The van der Waals surface area contributed by atoms with E-state index in [0.29, 0.717) is 29.0 Å². The first-order valence-corrected chi connectivity index (χ1v) is 14.7. The molecule has 1 unspecified atom stereocenters. The number of likely N-dealkylation sites (N-methyl/N-ethyl adjacent to an activating group) is 1. The summed E-state index contributed by atoms with van der Waals surface area (Å²) in [4.78, 5) is 33.7. The molecule has 2 aliphatic heterocycles. The zero-order valence-corrected chi connectivity index (χ0v) is 25.2. The van der Waals surface area contributed by atoms with E-state index >= 15 is 0 Å². The van der Waals surface area contributed by atoms with E-state index in [4.69, 9.17) is 26.1 Å². The van der Waals surface area contributed by atoms with Crippen molar-refractivity contribution >= 4 is 40.7 Å². The van der Waals surface area contributed by atoms with Crippen molar-refractivity contribution in [3.63, 3.8) is 0 Å². The number of aromatic nitrogens is 4. The second kappa shape index (κ2) is 12.0. The highest BCUT2D eigenvalue weighted by atomic mass is 35.5. The Hall–Kier alpha value is -4.45. The summed E-state index contributed by atoms with van der Waals surface area (Å²) in [5.41, 5.74) is 4.50. The molecule has 0 spiro atoms. The molecule has 0 radical (unpaired) electrons. The molecule has 6 rings (SSSR count). The number of hydrogen-bond donors (Lipinski definition) is 1. The second-order valence-corrected chi connectivity index (χ2v) is 11.2. The number of anilines is 3. The number of hydrogen-bond acceptors (Lipinski definition) is 9. The van der Waals surface area contributed by atoms with Crippen molar-refractivity contribution in [2.24, 2.45) is 0 Å². The number of ether oxygens (including phenoxy) is 2. The second-order valence-electron chi connectivity index (χ2n) is 10.8. The average molecular weight is 607 g/mol. The van der Waals surface area contributed by atoms with E-state index in [0.717, 1.165) is 73.8 Å². The molecule has 0 aliphatic carbocycles. The molecule has 2 fully saturated rings. The van der Waals surface area contributed by atoms with E-state index in [1.165, 1.54) is 4.90 Å². The summed E-state index contributed by atoms with van der Waals surface area (Å²) in [6.07, 6.45) is 8.60. The van der Waals surface area contributed by atoms with Crippen molar-refractivity contribution in [3.8, 4) is 22.8 Å². The maximum absolute atomic E-state index is 11.4. The molecule has 0 saturated carbocycles. The Labute approximate surface area is 255 Å². The van der Waals surface area contributed by atoms with E-state index in [2.05, 4.69) is 36.8 Å². The van der Waals surface area contributed by atoms with Gasteiger partial charge in [-0.15, -0.1) is 0 Å². The number of fused-ring (bicyclic) bond motifs is 1. The van der Waals surface area contributed by atoms with Crippen molar-refractivity contribution in [2.45, 2.75) is 18.9 Å². The van der Waals surface area contributed by atoms with Crippen LogP contribution in [0.5, 0.6) is 11.5 Å². The summed E-state index contributed by atoms with van der Waals surface area (Å²) in [6, 6.07) is 7.74. The Morgan fingerprint density at radius 3 is 2.35 bits per heavy atom. The van der Waals surface area contributed by atoms with Gasteiger partial charge in [0.15, 0.2) is 0 Å². The zero-order valence-electron chi connectivity index (χ0n) is 24.5. The Morgan fingerprint density at radius 2 is 1.67 bits per heavy atom. The predicted octanol–water partition coefficient (Wildman–Crippen LogP) is 4.37. The summed E-state index contributed by atoms with van der Waals surface area (Å²) in [7, 11) is 4.82. The number of amides is 1. The number of rotatable bonds is 7. The normalized spacial score (nSPS) is 17.3. The number of piperazine rings is 1. The fourth-order valence-electron chi connectivity index (χ4n) is 5.83. The van der Waals surface area contributed by atoms with Gasteiger partial charge in [-0.3, -0.25) is 0 Å². The summed E-state index contributed by atoms with van der Waals surface area (Å²) in [5, 5.41) is 9.84. The number of nitrogens with zero attached hydrogens (tertiary/aromatic N) is 8. The lowest BCUT2D eigenvalue weighted by Crippen LogP contribution is -2.48. The highest BCUT2D eigenvalue weighted by Gasteiger charge is 2.27. The van der Waals surface area contributed by atoms with E-state index < -0.39 is 6.09 Å². The summed E-state index contributed by atoms with van der Waals surface area (Å²) in [5.74, 6) is 1.84. The number of methoxy groups -OCH3 is 2. The Kier molecular flexibility index (Phi) is 8.02. The molecule has 1 atom stereocenters. The minimum absolute atomic E-state index is 0.0563. The summed E-state index contributed by atoms with van der Waals surface area (Å²) >= 11 is 6.40. The Balaban J connectivity index is 1.11. The van der Waals surface area contributed by atoms with Gasteiger partial charge in [0.2, 0.25) is 5.95 Å². The van der Waals surface area contributed by atoms with Crippen LogP contribution in [-0.4, -0.2) is 102 Å². The number of carbonyl (C=O) groups is 1. The fourth-order valence-corrected chi connectivity index (χ4v) is 6.07. The zero-order chi connectivity index (χ0) is 30.1. The highest BCUT2D eigenvalue weighted by Crippen LogP contribution is 2.38. The monoisotopic (exact) mass is 606 g/mol.